The average Bonchev–Trinajstić information content (AvgIpc) is 3.30. The van der Waals surface area contributed by atoms with Crippen LogP contribution in [0.2, 0.25) is 0 Å². The summed E-state index contributed by atoms with van der Waals surface area (Å²) in [6.07, 6.45) is 19.4. The van der Waals surface area contributed by atoms with Gasteiger partial charge in [0.05, 0.1) is 0 Å². The molecule has 0 aromatic carbocycles. The monoisotopic (exact) mass is 558 g/mol. The molecule has 6 rings (SSSR count). The van der Waals surface area contributed by atoms with Crippen molar-refractivity contribution >= 4 is 0 Å². The predicted octanol–water partition coefficient (Wildman–Crippen LogP) is 8.68. The van der Waals surface area contributed by atoms with Gasteiger partial charge in [0, 0.05) is 13.1 Å². The van der Waals surface area contributed by atoms with Crippen LogP contribution in [-0.2, 0) is 0 Å². The molecule has 1 unspecified atom stereocenters. The Morgan fingerprint density at radius 1 is 0.425 bits per heavy atom. The highest BCUT2D eigenvalue weighted by atomic mass is 15.2. The molecule has 3 aliphatic heterocycles. The number of hydrogen-bond acceptors (Lipinski definition) is 3. The first-order chi connectivity index (χ1) is 18.8. The van der Waals surface area contributed by atoms with E-state index >= 15 is 0 Å². The van der Waals surface area contributed by atoms with E-state index in [2.05, 4.69) is 77.4 Å². The summed E-state index contributed by atoms with van der Waals surface area (Å²) in [6.45, 7) is 22.4. The van der Waals surface area contributed by atoms with Crippen LogP contribution in [0.25, 0.3) is 0 Å². The summed E-state index contributed by atoms with van der Waals surface area (Å²) in [5, 5.41) is 0. The van der Waals surface area contributed by atoms with E-state index in [1.807, 2.05) is 0 Å². The van der Waals surface area contributed by atoms with Gasteiger partial charge < -0.3 is 14.7 Å². The van der Waals surface area contributed by atoms with Gasteiger partial charge in [0.15, 0.2) is 0 Å². The van der Waals surface area contributed by atoms with Crippen LogP contribution >= 0.6 is 0 Å². The smallest absolute Gasteiger partial charge is 0.00474 e. The molecule has 3 heteroatoms. The first-order valence-corrected chi connectivity index (χ1v) is 17.9. The fourth-order valence-corrected chi connectivity index (χ4v) is 9.73. The summed E-state index contributed by atoms with van der Waals surface area (Å²) in [4.78, 5) is 7.44. The summed E-state index contributed by atoms with van der Waals surface area (Å²) < 4.78 is 0. The van der Waals surface area contributed by atoms with Gasteiger partial charge in [-0.15, -0.1) is 0 Å². The highest BCUT2D eigenvalue weighted by Gasteiger charge is 2.46. The third kappa shape index (κ3) is 8.28. The van der Waals surface area contributed by atoms with Crippen molar-refractivity contribution < 1.29 is 0 Å². The summed E-state index contributed by atoms with van der Waals surface area (Å²) in [6, 6.07) is 0. The molecule has 3 saturated carbocycles. The third-order valence-electron chi connectivity index (χ3n) is 13.4. The predicted molar refractivity (Wildman–Crippen MR) is 175 cm³/mol. The average molecular weight is 558 g/mol. The highest BCUT2D eigenvalue weighted by molar-refractivity contribution is 4.98. The summed E-state index contributed by atoms with van der Waals surface area (Å²) in [5.41, 5.74) is 2.32. The zero-order valence-electron chi connectivity index (χ0n) is 28.7. The van der Waals surface area contributed by atoms with Gasteiger partial charge >= 0.3 is 0 Å². The van der Waals surface area contributed by atoms with Crippen LogP contribution in [-0.4, -0.2) is 75.1 Å². The minimum atomic E-state index is 0.764. The lowest BCUT2D eigenvalue weighted by Gasteiger charge is -2.53. The van der Waals surface area contributed by atoms with Crippen LogP contribution in [0.15, 0.2) is 0 Å². The SMILES string of the molecule is CC(C)C1CC2(CCN(C)CC2)C1.CC(C)C1CCC2(CC1)CN(C)C2.CC(C)C1CCC2(CCN(C)CC2)C1. The van der Waals surface area contributed by atoms with E-state index < -0.39 is 0 Å². The molecular weight excluding hydrogens is 486 g/mol. The van der Waals surface area contributed by atoms with Gasteiger partial charge in [-0.1, -0.05) is 41.5 Å². The molecule has 6 fully saturated rings. The Morgan fingerprint density at radius 2 is 0.800 bits per heavy atom. The number of piperidine rings is 2. The van der Waals surface area contributed by atoms with Gasteiger partial charge in [-0.3, -0.25) is 0 Å². The Bertz CT molecular complexity index is 731. The van der Waals surface area contributed by atoms with Crippen molar-refractivity contribution in [3.63, 3.8) is 0 Å². The summed E-state index contributed by atoms with van der Waals surface area (Å²) in [7, 11) is 6.77. The maximum absolute atomic E-state index is 2.49. The molecule has 3 spiro atoms. The zero-order valence-corrected chi connectivity index (χ0v) is 28.7. The molecule has 6 aliphatic rings. The van der Waals surface area contributed by atoms with Crippen LogP contribution < -0.4 is 0 Å². The Kier molecular flexibility index (Phi) is 11.2. The Morgan fingerprint density at radius 3 is 1.20 bits per heavy atom. The molecular formula is C37H71N3. The van der Waals surface area contributed by atoms with Crippen molar-refractivity contribution in [3.8, 4) is 0 Å². The molecule has 234 valence electrons. The van der Waals surface area contributed by atoms with Gasteiger partial charge in [-0.2, -0.15) is 0 Å². The number of hydrogen-bond donors (Lipinski definition) is 0. The highest BCUT2D eigenvalue weighted by Crippen LogP contribution is 2.55. The number of rotatable bonds is 3. The zero-order chi connectivity index (χ0) is 29.1. The van der Waals surface area contributed by atoms with Crippen molar-refractivity contribution in [2.45, 2.75) is 125 Å². The van der Waals surface area contributed by atoms with E-state index in [4.69, 9.17) is 0 Å². The maximum atomic E-state index is 2.49. The van der Waals surface area contributed by atoms with Gasteiger partial charge in [0.25, 0.3) is 0 Å². The van der Waals surface area contributed by atoms with E-state index in [-0.39, 0.29) is 0 Å². The molecule has 0 aromatic heterocycles. The fourth-order valence-electron chi connectivity index (χ4n) is 9.73. The number of likely N-dealkylation sites (tertiary alicyclic amines) is 3. The lowest BCUT2D eigenvalue weighted by Crippen LogP contribution is -2.55. The van der Waals surface area contributed by atoms with Crippen LogP contribution in [0.1, 0.15) is 125 Å². The molecule has 0 bridgehead atoms. The summed E-state index contributed by atoms with van der Waals surface area (Å²) >= 11 is 0. The standard InChI is InChI=1S/C13H25N.2C12H23N/c1-11(2)12-4-5-13(10-12)6-8-14(3)9-7-13;1-10(2)11-8-12(9-11)4-6-13(3)7-5-12;1-10(2)11-4-6-12(7-5-11)8-13(3)9-12/h11-12H,4-10H2,1-3H3;2*10-11H,4-9H2,1-3H3. The second-order valence-electron chi connectivity index (χ2n) is 17.5. The van der Waals surface area contributed by atoms with Gasteiger partial charge in [0.2, 0.25) is 0 Å². The van der Waals surface area contributed by atoms with E-state index in [0.29, 0.717) is 0 Å². The van der Waals surface area contributed by atoms with Crippen LogP contribution in [0.4, 0.5) is 0 Å². The van der Waals surface area contributed by atoms with Crippen molar-refractivity contribution in [2.75, 3.05) is 60.4 Å². The first kappa shape index (κ1) is 32.8. The largest absolute Gasteiger partial charge is 0.306 e. The normalized spacial score (nSPS) is 32.1. The fraction of sp³-hybridized carbons (Fsp3) is 1.00. The Balaban J connectivity index is 0.000000139. The minimum absolute atomic E-state index is 0.764. The van der Waals surface area contributed by atoms with Gasteiger partial charge in [-0.05, 0) is 183 Å². The topological polar surface area (TPSA) is 9.72 Å². The molecule has 1 atom stereocenters. The van der Waals surface area contributed by atoms with Crippen LogP contribution in [0.3, 0.4) is 0 Å². The molecule has 40 heavy (non-hydrogen) atoms. The van der Waals surface area contributed by atoms with Crippen molar-refractivity contribution in [1.29, 1.82) is 0 Å². The van der Waals surface area contributed by atoms with Crippen LogP contribution in [0, 0.1) is 51.8 Å². The molecule has 3 nitrogen and oxygen atoms in total. The van der Waals surface area contributed by atoms with Crippen molar-refractivity contribution in [1.82, 2.24) is 14.7 Å². The Labute approximate surface area is 251 Å². The second-order valence-corrected chi connectivity index (χ2v) is 17.5. The molecule has 0 aromatic rings. The number of nitrogens with zero attached hydrogens (tertiary/aromatic N) is 3. The van der Waals surface area contributed by atoms with Gasteiger partial charge in [-0.25, -0.2) is 0 Å². The minimum Gasteiger partial charge on any atom is -0.306 e. The van der Waals surface area contributed by atoms with Crippen LogP contribution in [0.5, 0.6) is 0 Å². The lowest BCUT2D eigenvalue weighted by molar-refractivity contribution is -0.0261. The molecule has 3 heterocycles. The molecule has 0 N–H and O–H groups in total. The van der Waals surface area contributed by atoms with E-state index in [9.17, 15) is 0 Å². The quantitative estimate of drug-likeness (QED) is 0.344. The van der Waals surface area contributed by atoms with Gasteiger partial charge in [0.1, 0.15) is 0 Å². The molecule has 3 aliphatic carbocycles. The molecule has 0 amide bonds. The molecule has 0 radical (unpaired) electrons. The Hall–Kier alpha value is -0.120. The van der Waals surface area contributed by atoms with Crippen molar-refractivity contribution in [3.05, 3.63) is 0 Å². The van der Waals surface area contributed by atoms with E-state index in [1.165, 1.54) is 123 Å². The van der Waals surface area contributed by atoms with E-state index in [1.54, 1.807) is 0 Å². The van der Waals surface area contributed by atoms with Crippen molar-refractivity contribution in [2.24, 2.45) is 51.8 Å². The third-order valence-corrected chi connectivity index (χ3v) is 13.4. The second kappa shape index (κ2) is 13.7. The maximum Gasteiger partial charge on any atom is 0.00474 e. The summed E-state index contributed by atoms with van der Waals surface area (Å²) in [5.74, 6) is 5.84. The van der Waals surface area contributed by atoms with E-state index in [0.717, 1.165) is 51.8 Å². The lowest BCUT2D eigenvalue weighted by atomic mass is 9.55. The molecule has 3 saturated heterocycles. The first-order valence-electron chi connectivity index (χ1n) is 17.9.